The van der Waals surface area contributed by atoms with E-state index in [1.165, 1.54) is 0 Å². The van der Waals surface area contributed by atoms with Crippen molar-refractivity contribution >= 4 is 23.2 Å². The van der Waals surface area contributed by atoms with Gasteiger partial charge < -0.3 is 0 Å². The SMILES string of the molecule is CC(C)c1c(Cl)cnn1CCl. The second kappa shape index (κ2) is 3.46. The molecule has 0 unspecified atom stereocenters. The van der Waals surface area contributed by atoms with Crippen LogP contribution >= 0.6 is 23.2 Å². The van der Waals surface area contributed by atoms with E-state index in [-0.39, 0.29) is 0 Å². The predicted molar refractivity (Wildman–Crippen MR) is 47.2 cm³/mol. The number of aromatic nitrogens is 2. The lowest BCUT2D eigenvalue weighted by molar-refractivity contribution is 0.655. The summed E-state index contributed by atoms with van der Waals surface area (Å²) in [6.07, 6.45) is 1.62. The highest BCUT2D eigenvalue weighted by Gasteiger charge is 2.11. The molecule has 0 atom stereocenters. The molecule has 0 fully saturated rings. The Bertz CT molecular complexity index is 243. The first-order chi connectivity index (χ1) is 5.16. The molecule has 0 radical (unpaired) electrons. The van der Waals surface area contributed by atoms with Gasteiger partial charge in [-0.2, -0.15) is 5.10 Å². The molecule has 0 aliphatic heterocycles. The average molecular weight is 193 g/mol. The minimum absolute atomic E-state index is 0.361. The van der Waals surface area contributed by atoms with Crippen LogP contribution in [-0.4, -0.2) is 9.78 Å². The van der Waals surface area contributed by atoms with Crippen molar-refractivity contribution in [2.24, 2.45) is 0 Å². The zero-order chi connectivity index (χ0) is 8.43. The molecule has 0 aliphatic rings. The van der Waals surface area contributed by atoms with Gasteiger partial charge in [-0.25, -0.2) is 0 Å². The molecule has 0 aliphatic carbocycles. The monoisotopic (exact) mass is 192 g/mol. The summed E-state index contributed by atoms with van der Waals surface area (Å²) in [5.41, 5.74) is 1.00. The molecule has 0 bridgehead atoms. The van der Waals surface area contributed by atoms with Crippen LogP contribution in [0.2, 0.25) is 5.02 Å². The van der Waals surface area contributed by atoms with E-state index in [0.29, 0.717) is 16.9 Å². The summed E-state index contributed by atoms with van der Waals surface area (Å²) in [6, 6.07) is 0.361. The van der Waals surface area contributed by atoms with Crippen molar-refractivity contribution in [3.8, 4) is 0 Å². The lowest BCUT2D eigenvalue weighted by atomic mass is 10.1. The second-order valence-corrected chi connectivity index (χ2v) is 3.30. The summed E-state index contributed by atoms with van der Waals surface area (Å²) >= 11 is 11.5. The average Bonchev–Trinajstić information content (AvgIpc) is 2.30. The maximum absolute atomic E-state index is 5.88. The summed E-state index contributed by atoms with van der Waals surface area (Å²) in [5, 5.41) is 4.70. The van der Waals surface area contributed by atoms with Gasteiger partial charge in [0.25, 0.3) is 0 Å². The van der Waals surface area contributed by atoms with Gasteiger partial charge in [-0.3, -0.25) is 4.68 Å². The topological polar surface area (TPSA) is 17.8 Å². The van der Waals surface area contributed by atoms with Gasteiger partial charge in [0.2, 0.25) is 0 Å². The van der Waals surface area contributed by atoms with Crippen LogP contribution in [0.3, 0.4) is 0 Å². The first-order valence-corrected chi connectivity index (χ1v) is 4.35. The van der Waals surface area contributed by atoms with Crippen LogP contribution in [0.1, 0.15) is 25.5 Å². The molecule has 1 heterocycles. The number of nitrogens with zero attached hydrogens (tertiary/aromatic N) is 2. The molecule has 11 heavy (non-hydrogen) atoms. The van der Waals surface area contributed by atoms with Gasteiger partial charge in [0.05, 0.1) is 16.9 Å². The first kappa shape index (κ1) is 8.88. The van der Waals surface area contributed by atoms with Crippen LogP contribution in [0, 0.1) is 0 Å². The van der Waals surface area contributed by atoms with Gasteiger partial charge in [0.15, 0.2) is 0 Å². The van der Waals surface area contributed by atoms with Crippen molar-refractivity contribution in [1.82, 2.24) is 9.78 Å². The molecule has 1 aromatic rings. The van der Waals surface area contributed by atoms with E-state index in [1.54, 1.807) is 10.9 Å². The van der Waals surface area contributed by atoms with Crippen molar-refractivity contribution in [1.29, 1.82) is 0 Å². The van der Waals surface area contributed by atoms with Crippen LogP contribution in [0.4, 0.5) is 0 Å². The zero-order valence-electron chi connectivity index (χ0n) is 6.51. The Kier molecular flexibility index (Phi) is 2.79. The van der Waals surface area contributed by atoms with Crippen molar-refractivity contribution in [2.75, 3.05) is 0 Å². The van der Waals surface area contributed by atoms with Crippen molar-refractivity contribution in [2.45, 2.75) is 25.8 Å². The van der Waals surface area contributed by atoms with E-state index >= 15 is 0 Å². The molecule has 4 heteroatoms. The smallest absolute Gasteiger partial charge is 0.115 e. The molecular weight excluding hydrogens is 183 g/mol. The van der Waals surface area contributed by atoms with Crippen LogP contribution in [0.25, 0.3) is 0 Å². The number of rotatable bonds is 2. The lowest BCUT2D eigenvalue weighted by Crippen LogP contribution is -2.02. The van der Waals surface area contributed by atoms with Gasteiger partial charge in [0, 0.05) is 0 Å². The Morgan fingerprint density at radius 2 is 2.27 bits per heavy atom. The third kappa shape index (κ3) is 1.68. The maximum atomic E-state index is 5.88. The molecule has 0 saturated heterocycles. The zero-order valence-corrected chi connectivity index (χ0v) is 8.02. The fourth-order valence-corrected chi connectivity index (χ4v) is 1.59. The van der Waals surface area contributed by atoms with Gasteiger partial charge in [-0.15, -0.1) is 11.6 Å². The molecule has 0 amide bonds. The molecule has 0 aromatic carbocycles. The fourth-order valence-electron chi connectivity index (χ4n) is 1.04. The van der Waals surface area contributed by atoms with E-state index < -0.39 is 0 Å². The number of hydrogen-bond acceptors (Lipinski definition) is 1. The minimum atomic E-state index is 0.361. The van der Waals surface area contributed by atoms with Gasteiger partial charge in [0.1, 0.15) is 6.00 Å². The Morgan fingerprint density at radius 1 is 1.64 bits per heavy atom. The second-order valence-electron chi connectivity index (χ2n) is 2.65. The predicted octanol–water partition coefficient (Wildman–Crippen LogP) is 2.86. The molecule has 0 N–H and O–H groups in total. The van der Waals surface area contributed by atoms with Crippen LogP contribution in [0.15, 0.2) is 6.20 Å². The summed E-state index contributed by atoms with van der Waals surface area (Å²) in [5.74, 6) is 0.365. The standard InChI is InChI=1S/C7H10Cl2N2/c1-5(2)7-6(9)3-10-11(7)4-8/h3,5H,4H2,1-2H3. The Balaban J connectivity index is 3.07. The minimum Gasteiger partial charge on any atom is -0.253 e. The highest BCUT2D eigenvalue weighted by molar-refractivity contribution is 6.31. The Hall–Kier alpha value is -0.210. The van der Waals surface area contributed by atoms with Gasteiger partial charge in [-0.1, -0.05) is 25.4 Å². The van der Waals surface area contributed by atoms with Crippen molar-refractivity contribution in [3.63, 3.8) is 0 Å². The van der Waals surface area contributed by atoms with Crippen LogP contribution < -0.4 is 0 Å². The third-order valence-corrected chi connectivity index (χ3v) is 2.01. The Morgan fingerprint density at radius 3 is 2.64 bits per heavy atom. The Labute approximate surface area is 76.1 Å². The van der Waals surface area contributed by atoms with E-state index in [2.05, 4.69) is 18.9 Å². The summed E-state index contributed by atoms with van der Waals surface area (Å²) in [7, 11) is 0. The van der Waals surface area contributed by atoms with Crippen LogP contribution in [0.5, 0.6) is 0 Å². The van der Waals surface area contributed by atoms with E-state index in [4.69, 9.17) is 23.2 Å². The van der Waals surface area contributed by atoms with E-state index in [1.807, 2.05) is 0 Å². The quantitative estimate of drug-likeness (QED) is 0.660. The first-order valence-electron chi connectivity index (χ1n) is 3.44. The molecular formula is C7H10Cl2N2. The molecule has 1 aromatic heterocycles. The number of alkyl halides is 1. The maximum Gasteiger partial charge on any atom is 0.115 e. The van der Waals surface area contributed by atoms with Gasteiger partial charge in [-0.05, 0) is 5.92 Å². The molecule has 2 nitrogen and oxygen atoms in total. The summed E-state index contributed by atoms with van der Waals surface area (Å²) in [4.78, 5) is 0. The van der Waals surface area contributed by atoms with E-state index in [9.17, 15) is 0 Å². The normalized spacial score (nSPS) is 11.0. The molecule has 0 spiro atoms. The van der Waals surface area contributed by atoms with E-state index in [0.717, 1.165) is 5.69 Å². The van der Waals surface area contributed by atoms with Crippen molar-refractivity contribution in [3.05, 3.63) is 16.9 Å². The highest BCUT2D eigenvalue weighted by atomic mass is 35.5. The third-order valence-electron chi connectivity index (χ3n) is 1.49. The molecule has 62 valence electrons. The highest BCUT2D eigenvalue weighted by Crippen LogP contribution is 2.23. The fraction of sp³-hybridized carbons (Fsp3) is 0.571. The number of halogens is 2. The largest absolute Gasteiger partial charge is 0.253 e. The van der Waals surface area contributed by atoms with Gasteiger partial charge >= 0.3 is 0 Å². The summed E-state index contributed by atoms with van der Waals surface area (Å²) in [6.45, 7) is 4.12. The molecule has 1 rings (SSSR count). The van der Waals surface area contributed by atoms with Crippen LogP contribution in [-0.2, 0) is 6.00 Å². The lowest BCUT2D eigenvalue weighted by Gasteiger charge is -2.06. The van der Waals surface area contributed by atoms with Crippen molar-refractivity contribution < 1.29 is 0 Å². The summed E-state index contributed by atoms with van der Waals surface area (Å²) < 4.78 is 1.70. The number of hydrogen-bond donors (Lipinski definition) is 0. The molecule has 0 saturated carbocycles.